The lowest BCUT2D eigenvalue weighted by Gasteiger charge is -2.17. The van der Waals surface area contributed by atoms with E-state index in [0.29, 0.717) is 0 Å². The molecule has 102 valence electrons. The van der Waals surface area contributed by atoms with Crippen LogP contribution in [0.4, 0.5) is 0 Å². The minimum absolute atomic E-state index is 0.000231. The van der Waals surface area contributed by atoms with Gasteiger partial charge in [0.25, 0.3) is 6.29 Å². The Balaban J connectivity index is 3.17. The zero-order valence-electron chi connectivity index (χ0n) is 10.7. The lowest BCUT2D eigenvalue weighted by molar-refractivity contribution is -0.187. The fraction of sp³-hybridized carbons (Fsp3) is 0.333. The van der Waals surface area contributed by atoms with E-state index < -0.39 is 24.2 Å². The quantitative estimate of drug-likeness (QED) is 0.593. The van der Waals surface area contributed by atoms with Gasteiger partial charge in [-0.1, -0.05) is 0 Å². The third kappa shape index (κ3) is 4.06. The van der Waals surface area contributed by atoms with Crippen molar-refractivity contribution in [2.24, 2.45) is 0 Å². The summed E-state index contributed by atoms with van der Waals surface area (Å²) in [5.41, 5.74) is 0.0530. The number of methoxy groups -OCH3 is 1. The number of esters is 3. The monoisotopic (exact) mass is 267 g/mol. The standard InChI is InChI=1S/C12H13NO6/c1-7(14)18-12(19-8(2)15)10-9(11(16)17-3)5-4-6-13-10/h4-6,12H,1-3H3. The normalized spacial score (nSPS) is 9.89. The van der Waals surface area contributed by atoms with Crippen LogP contribution in [0.3, 0.4) is 0 Å². The first kappa shape index (κ1) is 14.6. The number of ether oxygens (including phenoxy) is 3. The molecule has 1 rings (SSSR count). The number of rotatable bonds is 4. The Kier molecular flexibility index (Phi) is 4.99. The number of carbonyl (C=O) groups is 3. The molecule has 0 atom stereocenters. The molecule has 7 heteroatoms. The summed E-state index contributed by atoms with van der Waals surface area (Å²) >= 11 is 0. The number of pyridine rings is 1. The topological polar surface area (TPSA) is 91.8 Å². The van der Waals surface area contributed by atoms with Gasteiger partial charge >= 0.3 is 17.9 Å². The summed E-state index contributed by atoms with van der Waals surface area (Å²) < 4.78 is 14.2. The first-order valence-electron chi connectivity index (χ1n) is 5.33. The number of hydrogen-bond acceptors (Lipinski definition) is 7. The second kappa shape index (κ2) is 6.48. The van der Waals surface area contributed by atoms with Crippen LogP contribution in [0.15, 0.2) is 18.3 Å². The molecule has 0 aliphatic carbocycles. The molecule has 0 aliphatic rings. The molecular weight excluding hydrogens is 254 g/mol. The van der Waals surface area contributed by atoms with Crippen molar-refractivity contribution in [1.82, 2.24) is 4.98 Å². The number of hydrogen-bond donors (Lipinski definition) is 0. The average Bonchev–Trinajstić information content (AvgIpc) is 2.36. The van der Waals surface area contributed by atoms with E-state index in [9.17, 15) is 14.4 Å². The van der Waals surface area contributed by atoms with Crippen molar-refractivity contribution in [3.05, 3.63) is 29.6 Å². The van der Waals surface area contributed by atoms with E-state index in [1.54, 1.807) is 0 Å². The molecule has 0 saturated heterocycles. The van der Waals surface area contributed by atoms with Crippen LogP contribution in [0.25, 0.3) is 0 Å². The maximum absolute atomic E-state index is 11.6. The predicted molar refractivity (Wildman–Crippen MR) is 61.8 cm³/mol. The lowest BCUT2D eigenvalue weighted by Crippen LogP contribution is -2.19. The Morgan fingerprint density at radius 3 is 2.21 bits per heavy atom. The zero-order valence-corrected chi connectivity index (χ0v) is 10.7. The first-order valence-corrected chi connectivity index (χ1v) is 5.33. The van der Waals surface area contributed by atoms with Gasteiger partial charge in [0.2, 0.25) is 0 Å². The van der Waals surface area contributed by atoms with E-state index in [-0.39, 0.29) is 11.3 Å². The van der Waals surface area contributed by atoms with Crippen molar-refractivity contribution >= 4 is 17.9 Å². The predicted octanol–water partition coefficient (Wildman–Crippen LogP) is 0.993. The van der Waals surface area contributed by atoms with Crippen molar-refractivity contribution in [2.75, 3.05) is 7.11 Å². The average molecular weight is 267 g/mol. The molecule has 0 bridgehead atoms. The molecule has 0 N–H and O–H groups in total. The summed E-state index contributed by atoms with van der Waals surface area (Å²) in [6.45, 7) is 2.30. The van der Waals surface area contributed by atoms with Crippen LogP contribution in [0.5, 0.6) is 0 Å². The van der Waals surface area contributed by atoms with Gasteiger partial charge in [-0.15, -0.1) is 0 Å². The van der Waals surface area contributed by atoms with Crippen LogP contribution in [0.2, 0.25) is 0 Å². The molecule has 0 spiro atoms. The highest BCUT2D eigenvalue weighted by Crippen LogP contribution is 2.21. The Morgan fingerprint density at radius 1 is 1.16 bits per heavy atom. The van der Waals surface area contributed by atoms with E-state index in [1.165, 1.54) is 25.4 Å². The van der Waals surface area contributed by atoms with Crippen LogP contribution in [-0.4, -0.2) is 30.0 Å². The Labute approximate surface area is 109 Å². The summed E-state index contributed by atoms with van der Waals surface area (Å²) in [7, 11) is 1.20. The SMILES string of the molecule is COC(=O)c1cccnc1C(OC(C)=O)OC(C)=O. The molecule has 0 fully saturated rings. The summed E-state index contributed by atoms with van der Waals surface area (Å²) in [4.78, 5) is 37.5. The molecule has 0 radical (unpaired) electrons. The molecule has 7 nitrogen and oxygen atoms in total. The molecule has 0 aromatic carbocycles. The maximum atomic E-state index is 11.6. The van der Waals surface area contributed by atoms with Gasteiger partial charge in [0.15, 0.2) is 0 Å². The van der Waals surface area contributed by atoms with Gasteiger partial charge in [0.1, 0.15) is 5.69 Å². The van der Waals surface area contributed by atoms with Crippen LogP contribution < -0.4 is 0 Å². The van der Waals surface area contributed by atoms with Crippen LogP contribution in [0.1, 0.15) is 36.2 Å². The Morgan fingerprint density at radius 2 is 1.74 bits per heavy atom. The highest BCUT2D eigenvalue weighted by molar-refractivity contribution is 5.90. The second-order valence-corrected chi connectivity index (χ2v) is 3.48. The van der Waals surface area contributed by atoms with E-state index in [2.05, 4.69) is 9.72 Å². The van der Waals surface area contributed by atoms with Crippen molar-refractivity contribution in [1.29, 1.82) is 0 Å². The molecule has 0 amide bonds. The number of carbonyl (C=O) groups excluding carboxylic acids is 3. The summed E-state index contributed by atoms with van der Waals surface area (Å²) in [5, 5.41) is 0. The van der Waals surface area contributed by atoms with E-state index in [0.717, 1.165) is 13.8 Å². The van der Waals surface area contributed by atoms with Gasteiger partial charge in [-0.25, -0.2) is 4.79 Å². The maximum Gasteiger partial charge on any atom is 0.340 e. The molecule has 1 aromatic rings. The van der Waals surface area contributed by atoms with Gasteiger partial charge in [0.05, 0.1) is 12.7 Å². The van der Waals surface area contributed by atoms with Gasteiger partial charge < -0.3 is 14.2 Å². The van der Waals surface area contributed by atoms with Gasteiger partial charge in [0, 0.05) is 20.0 Å². The minimum Gasteiger partial charge on any atom is -0.465 e. The number of aromatic nitrogens is 1. The van der Waals surface area contributed by atoms with E-state index in [1.807, 2.05) is 0 Å². The van der Waals surface area contributed by atoms with Crippen molar-refractivity contribution < 1.29 is 28.6 Å². The first-order chi connectivity index (χ1) is 8.95. The largest absolute Gasteiger partial charge is 0.465 e. The third-order valence-electron chi connectivity index (χ3n) is 2.01. The van der Waals surface area contributed by atoms with Crippen molar-refractivity contribution in [3.8, 4) is 0 Å². The van der Waals surface area contributed by atoms with Gasteiger partial charge in [-0.2, -0.15) is 0 Å². The molecule has 0 saturated carbocycles. The molecular formula is C12H13NO6. The Hall–Kier alpha value is -2.44. The minimum atomic E-state index is -1.38. The summed E-state index contributed by atoms with van der Waals surface area (Å²) in [6, 6.07) is 2.93. The zero-order chi connectivity index (χ0) is 14.4. The lowest BCUT2D eigenvalue weighted by atomic mass is 10.2. The van der Waals surface area contributed by atoms with Gasteiger partial charge in [-0.05, 0) is 12.1 Å². The molecule has 19 heavy (non-hydrogen) atoms. The fourth-order valence-electron chi connectivity index (χ4n) is 1.33. The smallest absolute Gasteiger partial charge is 0.340 e. The molecule has 0 aliphatic heterocycles. The summed E-state index contributed by atoms with van der Waals surface area (Å²) in [6.07, 6.45) is -0.00723. The summed E-state index contributed by atoms with van der Waals surface area (Å²) in [5.74, 6) is -2.02. The molecule has 1 aromatic heterocycles. The van der Waals surface area contributed by atoms with Crippen LogP contribution in [0, 0.1) is 0 Å². The van der Waals surface area contributed by atoms with Crippen LogP contribution in [-0.2, 0) is 23.8 Å². The molecule has 0 unspecified atom stereocenters. The fourth-order valence-corrected chi connectivity index (χ4v) is 1.33. The van der Waals surface area contributed by atoms with Crippen molar-refractivity contribution in [3.63, 3.8) is 0 Å². The van der Waals surface area contributed by atoms with Crippen molar-refractivity contribution in [2.45, 2.75) is 20.1 Å². The van der Waals surface area contributed by atoms with E-state index in [4.69, 9.17) is 9.47 Å². The van der Waals surface area contributed by atoms with Crippen LogP contribution >= 0.6 is 0 Å². The van der Waals surface area contributed by atoms with Gasteiger partial charge in [-0.3, -0.25) is 14.6 Å². The number of nitrogens with zero attached hydrogens (tertiary/aromatic N) is 1. The second-order valence-electron chi connectivity index (χ2n) is 3.48. The Bertz CT molecular complexity index is 483. The van der Waals surface area contributed by atoms with E-state index >= 15 is 0 Å². The highest BCUT2D eigenvalue weighted by atomic mass is 16.7. The molecule has 1 heterocycles. The highest BCUT2D eigenvalue weighted by Gasteiger charge is 2.26. The third-order valence-corrected chi connectivity index (χ3v) is 2.01.